The number of carbonyl (C=O) groups excluding carboxylic acids is 1. The second-order valence-electron chi connectivity index (χ2n) is 4.02. The van der Waals surface area contributed by atoms with E-state index in [0.717, 1.165) is 6.42 Å². The molecule has 0 radical (unpaired) electrons. The Morgan fingerprint density at radius 1 is 1.35 bits per heavy atom. The average Bonchev–Trinajstić information content (AvgIpc) is 2.43. The van der Waals surface area contributed by atoms with Gasteiger partial charge in [-0.2, -0.15) is 5.26 Å². The van der Waals surface area contributed by atoms with Crippen LogP contribution in [0.1, 0.15) is 25.8 Å². The molecule has 0 saturated carbocycles. The molecule has 0 heterocycles. The van der Waals surface area contributed by atoms with Gasteiger partial charge in [-0.05, 0) is 37.1 Å². The first-order valence-electron chi connectivity index (χ1n) is 6.43. The van der Waals surface area contributed by atoms with Crippen LogP contribution in [0.15, 0.2) is 23.8 Å². The number of benzene rings is 1. The fourth-order valence-corrected chi connectivity index (χ4v) is 1.54. The van der Waals surface area contributed by atoms with Crippen LogP contribution >= 0.6 is 0 Å². The molecular formula is C15H18N2O3. The number of primary amides is 1. The predicted octanol–water partition coefficient (Wildman–Crippen LogP) is 2.27. The third-order valence-electron chi connectivity index (χ3n) is 2.43. The van der Waals surface area contributed by atoms with Crippen molar-refractivity contribution >= 4 is 12.0 Å². The van der Waals surface area contributed by atoms with E-state index >= 15 is 0 Å². The van der Waals surface area contributed by atoms with E-state index in [4.69, 9.17) is 20.5 Å². The molecule has 1 aromatic carbocycles. The maximum atomic E-state index is 11.0. The molecule has 0 unspecified atom stereocenters. The molecule has 1 amide bonds. The molecular weight excluding hydrogens is 256 g/mol. The summed E-state index contributed by atoms with van der Waals surface area (Å²) in [4.78, 5) is 11.0. The van der Waals surface area contributed by atoms with Gasteiger partial charge in [-0.3, -0.25) is 4.79 Å². The molecule has 0 bridgehead atoms. The minimum atomic E-state index is -0.753. The molecule has 0 atom stereocenters. The Balaban J connectivity index is 3.09. The zero-order valence-corrected chi connectivity index (χ0v) is 11.7. The summed E-state index contributed by atoms with van der Waals surface area (Å²) >= 11 is 0. The van der Waals surface area contributed by atoms with Crippen LogP contribution < -0.4 is 15.2 Å². The summed E-state index contributed by atoms with van der Waals surface area (Å²) in [6.07, 6.45) is 2.32. The maximum absolute atomic E-state index is 11.0. The molecule has 0 fully saturated rings. The summed E-state index contributed by atoms with van der Waals surface area (Å²) in [5, 5.41) is 8.83. The quantitative estimate of drug-likeness (QED) is 0.610. The lowest BCUT2D eigenvalue weighted by Crippen LogP contribution is -2.12. The number of nitrogens with two attached hydrogens (primary N) is 1. The van der Waals surface area contributed by atoms with E-state index in [1.165, 1.54) is 6.08 Å². The van der Waals surface area contributed by atoms with Crippen molar-refractivity contribution in [1.29, 1.82) is 5.26 Å². The fraction of sp³-hybridized carbons (Fsp3) is 0.333. The highest BCUT2D eigenvalue weighted by atomic mass is 16.5. The first-order valence-corrected chi connectivity index (χ1v) is 6.43. The van der Waals surface area contributed by atoms with Gasteiger partial charge in [0.05, 0.1) is 13.2 Å². The highest BCUT2D eigenvalue weighted by Gasteiger charge is 2.08. The van der Waals surface area contributed by atoms with Crippen molar-refractivity contribution in [1.82, 2.24) is 0 Å². The summed E-state index contributed by atoms with van der Waals surface area (Å²) in [6.45, 7) is 4.98. The summed E-state index contributed by atoms with van der Waals surface area (Å²) in [5.74, 6) is 0.469. The van der Waals surface area contributed by atoms with Gasteiger partial charge in [0.2, 0.25) is 0 Å². The molecule has 0 aliphatic rings. The molecule has 1 rings (SSSR count). The molecule has 1 aromatic rings. The van der Waals surface area contributed by atoms with E-state index in [-0.39, 0.29) is 5.57 Å². The van der Waals surface area contributed by atoms with Crippen molar-refractivity contribution in [3.8, 4) is 17.6 Å². The third kappa shape index (κ3) is 4.32. The average molecular weight is 274 g/mol. The first-order chi connectivity index (χ1) is 9.62. The van der Waals surface area contributed by atoms with Gasteiger partial charge in [0.15, 0.2) is 11.5 Å². The van der Waals surface area contributed by atoms with Crippen LogP contribution in [0.2, 0.25) is 0 Å². The van der Waals surface area contributed by atoms with Crippen molar-refractivity contribution in [2.75, 3.05) is 13.2 Å². The molecule has 5 heteroatoms. The Morgan fingerprint density at radius 2 is 2.10 bits per heavy atom. The highest BCUT2D eigenvalue weighted by Crippen LogP contribution is 2.29. The summed E-state index contributed by atoms with van der Waals surface area (Å²) in [6, 6.07) is 6.98. The normalized spacial score (nSPS) is 10.8. The van der Waals surface area contributed by atoms with Gasteiger partial charge in [-0.25, -0.2) is 0 Å². The van der Waals surface area contributed by atoms with E-state index in [9.17, 15) is 4.79 Å². The minimum Gasteiger partial charge on any atom is -0.490 e. The smallest absolute Gasteiger partial charge is 0.259 e. The van der Waals surface area contributed by atoms with Crippen LogP contribution in [0, 0.1) is 11.3 Å². The third-order valence-corrected chi connectivity index (χ3v) is 2.43. The molecule has 2 N–H and O–H groups in total. The van der Waals surface area contributed by atoms with Gasteiger partial charge in [-0.1, -0.05) is 13.0 Å². The lowest BCUT2D eigenvalue weighted by atomic mass is 10.1. The van der Waals surface area contributed by atoms with Crippen LogP contribution in [-0.2, 0) is 4.79 Å². The Morgan fingerprint density at radius 3 is 2.65 bits per heavy atom. The number of rotatable bonds is 7. The molecule has 0 aliphatic heterocycles. The van der Waals surface area contributed by atoms with Gasteiger partial charge in [0.25, 0.3) is 5.91 Å². The Bertz CT molecular complexity index is 545. The van der Waals surface area contributed by atoms with Crippen molar-refractivity contribution < 1.29 is 14.3 Å². The minimum absolute atomic E-state index is 0.102. The van der Waals surface area contributed by atoms with Crippen LogP contribution in [0.25, 0.3) is 6.08 Å². The maximum Gasteiger partial charge on any atom is 0.259 e. The number of hydrogen-bond donors (Lipinski definition) is 1. The number of hydrogen-bond acceptors (Lipinski definition) is 4. The van der Waals surface area contributed by atoms with Crippen LogP contribution in [0.4, 0.5) is 0 Å². The molecule has 0 aromatic heterocycles. The molecule has 0 aliphatic carbocycles. The topological polar surface area (TPSA) is 85.3 Å². The van der Waals surface area contributed by atoms with Gasteiger partial charge >= 0.3 is 0 Å². The van der Waals surface area contributed by atoms with Crippen molar-refractivity contribution in [3.63, 3.8) is 0 Å². The molecule has 0 spiro atoms. The Labute approximate surface area is 118 Å². The number of amides is 1. The Hall–Kier alpha value is -2.48. The molecule has 20 heavy (non-hydrogen) atoms. The van der Waals surface area contributed by atoms with Crippen LogP contribution in [0.3, 0.4) is 0 Å². The number of nitriles is 1. The number of ether oxygens (including phenoxy) is 2. The van der Waals surface area contributed by atoms with Crippen LogP contribution in [-0.4, -0.2) is 19.1 Å². The van der Waals surface area contributed by atoms with E-state index in [1.54, 1.807) is 24.3 Å². The molecule has 0 saturated heterocycles. The number of nitrogens with zero attached hydrogens (tertiary/aromatic N) is 1. The van der Waals surface area contributed by atoms with Gasteiger partial charge in [0.1, 0.15) is 11.6 Å². The highest BCUT2D eigenvalue weighted by molar-refractivity contribution is 6.00. The summed E-state index contributed by atoms with van der Waals surface area (Å²) in [7, 11) is 0. The summed E-state index contributed by atoms with van der Waals surface area (Å²) in [5.41, 5.74) is 5.66. The fourth-order valence-electron chi connectivity index (χ4n) is 1.54. The lowest BCUT2D eigenvalue weighted by molar-refractivity contribution is -0.114. The first kappa shape index (κ1) is 15.6. The number of carbonyl (C=O) groups is 1. The molecule has 106 valence electrons. The molecule has 5 nitrogen and oxygen atoms in total. The zero-order chi connectivity index (χ0) is 15.0. The van der Waals surface area contributed by atoms with Gasteiger partial charge in [-0.15, -0.1) is 0 Å². The van der Waals surface area contributed by atoms with Gasteiger partial charge < -0.3 is 15.2 Å². The van der Waals surface area contributed by atoms with Crippen molar-refractivity contribution in [3.05, 3.63) is 29.3 Å². The van der Waals surface area contributed by atoms with E-state index in [0.29, 0.717) is 30.3 Å². The van der Waals surface area contributed by atoms with Gasteiger partial charge in [0, 0.05) is 0 Å². The van der Waals surface area contributed by atoms with E-state index in [2.05, 4.69) is 0 Å². The van der Waals surface area contributed by atoms with Crippen molar-refractivity contribution in [2.24, 2.45) is 5.73 Å². The van der Waals surface area contributed by atoms with E-state index in [1.807, 2.05) is 13.8 Å². The van der Waals surface area contributed by atoms with E-state index < -0.39 is 5.91 Å². The monoisotopic (exact) mass is 274 g/mol. The largest absolute Gasteiger partial charge is 0.490 e. The standard InChI is InChI=1S/C15H18N2O3/c1-3-7-20-13-6-5-11(9-14(13)19-4-2)8-12(10-16)15(17)18/h5-6,8-9H,3-4,7H2,1-2H3,(H2,17,18). The second kappa shape index (κ2) is 7.85. The van der Waals surface area contributed by atoms with Crippen LogP contribution in [0.5, 0.6) is 11.5 Å². The summed E-state index contributed by atoms with van der Waals surface area (Å²) < 4.78 is 11.1. The predicted molar refractivity (Wildman–Crippen MR) is 76.2 cm³/mol. The Kier molecular flexibility index (Phi) is 6.11. The SMILES string of the molecule is CCCOc1ccc(C=C(C#N)C(N)=O)cc1OCC. The zero-order valence-electron chi connectivity index (χ0n) is 11.7. The second-order valence-corrected chi connectivity index (χ2v) is 4.02. The lowest BCUT2D eigenvalue weighted by Gasteiger charge is -2.12. The van der Waals surface area contributed by atoms with Crippen molar-refractivity contribution in [2.45, 2.75) is 20.3 Å².